The summed E-state index contributed by atoms with van der Waals surface area (Å²) in [5.41, 5.74) is 1.65. The van der Waals surface area contributed by atoms with Gasteiger partial charge >= 0.3 is 0 Å². The van der Waals surface area contributed by atoms with Crippen molar-refractivity contribution in [2.24, 2.45) is 0 Å². The number of halogens is 2. The Morgan fingerprint density at radius 2 is 1.64 bits per heavy atom. The lowest BCUT2D eigenvalue weighted by molar-refractivity contribution is 0.102. The fraction of sp³-hybridized carbons (Fsp3) is 0.235. The zero-order chi connectivity index (χ0) is 18.8. The third-order valence-electron chi connectivity index (χ3n) is 3.26. The molecule has 2 N–H and O–H groups in total. The summed E-state index contributed by atoms with van der Waals surface area (Å²) in [6.07, 6.45) is 0. The number of benzene rings is 2. The molecule has 0 heterocycles. The zero-order valence-corrected chi connectivity index (χ0v) is 16.3. The summed E-state index contributed by atoms with van der Waals surface area (Å²) < 4.78 is 27.2. The minimum Gasteiger partial charge on any atom is -0.322 e. The van der Waals surface area contributed by atoms with E-state index >= 15 is 0 Å². The number of amides is 1. The lowest BCUT2D eigenvalue weighted by Crippen LogP contribution is -2.30. The number of carbonyl (C=O) groups is 1. The van der Waals surface area contributed by atoms with Crippen molar-refractivity contribution >= 4 is 44.8 Å². The van der Waals surface area contributed by atoms with Crippen molar-refractivity contribution in [2.45, 2.75) is 31.7 Å². The first-order chi connectivity index (χ1) is 11.6. The van der Waals surface area contributed by atoms with E-state index in [2.05, 4.69) is 10.0 Å². The summed E-state index contributed by atoms with van der Waals surface area (Å²) in [7, 11) is -3.86. The molecule has 25 heavy (non-hydrogen) atoms. The Morgan fingerprint density at radius 3 is 2.20 bits per heavy atom. The van der Waals surface area contributed by atoms with Crippen LogP contribution in [0.5, 0.6) is 0 Å². The monoisotopic (exact) mass is 400 g/mol. The smallest absolute Gasteiger partial charge is 0.257 e. The molecule has 2 rings (SSSR count). The second-order valence-electron chi connectivity index (χ2n) is 5.86. The van der Waals surface area contributed by atoms with Crippen molar-refractivity contribution in [3.63, 3.8) is 0 Å². The normalized spacial score (nSPS) is 11.6. The van der Waals surface area contributed by atoms with E-state index in [1.54, 1.807) is 26.0 Å². The molecule has 2 aromatic rings. The first-order valence-electron chi connectivity index (χ1n) is 7.49. The molecular weight excluding hydrogens is 383 g/mol. The Balaban J connectivity index is 2.39. The number of anilines is 1. The van der Waals surface area contributed by atoms with Crippen molar-refractivity contribution in [1.29, 1.82) is 0 Å². The maximum atomic E-state index is 12.5. The van der Waals surface area contributed by atoms with Gasteiger partial charge in [0.2, 0.25) is 10.0 Å². The number of hydrogen-bond donors (Lipinski definition) is 2. The van der Waals surface area contributed by atoms with Gasteiger partial charge in [-0.15, -0.1) is 0 Å². The summed E-state index contributed by atoms with van der Waals surface area (Å²) in [6.45, 7) is 5.30. The molecule has 5 nitrogen and oxygen atoms in total. The van der Waals surface area contributed by atoms with Crippen LogP contribution < -0.4 is 10.0 Å². The van der Waals surface area contributed by atoms with Crippen LogP contribution in [0.1, 0.15) is 29.8 Å². The Labute approximate surface area is 157 Å². The van der Waals surface area contributed by atoms with E-state index in [1.165, 1.54) is 12.1 Å². The third-order valence-corrected chi connectivity index (χ3v) is 5.69. The molecule has 8 heteroatoms. The quantitative estimate of drug-likeness (QED) is 0.787. The third kappa shape index (κ3) is 4.95. The number of rotatable bonds is 5. The topological polar surface area (TPSA) is 75.3 Å². The highest BCUT2D eigenvalue weighted by molar-refractivity contribution is 7.89. The molecule has 0 fully saturated rings. The van der Waals surface area contributed by atoms with E-state index in [0.29, 0.717) is 5.69 Å². The fourth-order valence-electron chi connectivity index (χ4n) is 2.12. The van der Waals surface area contributed by atoms with Crippen LogP contribution in [0.25, 0.3) is 0 Å². The molecule has 0 aliphatic rings. The van der Waals surface area contributed by atoms with Crippen LogP contribution >= 0.6 is 23.2 Å². The largest absolute Gasteiger partial charge is 0.322 e. The number of sulfonamides is 1. The minimum absolute atomic E-state index is 0.0239. The van der Waals surface area contributed by atoms with Crippen LogP contribution in [0, 0.1) is 6.92 Å². The van der Waals surface area contributed by atoms with Gasteiger partial charge < -0.3 is 5.32 Å². The van der Waals surface area contributed by atoms with Gasteiger partial charge in [0.1, 0.15) is 4.90 Å². The first-order valence-corrected chi connectivity index (χ1v) is 9.73. The predicted octanol–water partition coefficient (Wildman–Crippen LogP) is 4.24. The number of hydrogen-bond acceptors (Lipinski definition) is 3. The molecule has 0 bridgehead atoms. The van der Waals surface area contributed by atoms with Crippen LogP contribution in [-0.2, 0) is 10.0 Å². The van der Waals surface area contributed by atoms with Crippen molar-refractivity contribution in [3.8, 4) is 0 Å². The molecule has 0 aromatic heterocycles. The Hall–Kier alpha value is -1.60. The second-order valence-corrected chi connectivity index (χ2v) is 8.36. The van der Waals surface area contributed by atoms with Crippen LogP contribution in [-0.4, -0.2) is 20.4 Å². The van der Waals surface area contributed by atoms with Crippen molar-refractivity contribution < 1.29 is 13.2 Å². The van der Waals surface area contributed by atoms with Gasteiger partial charge in [0.05, 0.1) is 15.6 Å². The molecule has 0 atom stereocenters. The maximum Gasteiger partial charge on any atom is 0.257 e. The average Bonchev–Trinajstić information content (AvgIpc) is 2.47. The average molecular weight is 401 g/mol. The molecular formula is C17H18Cl2N2O3S. The van der Waals surface area contributed by atoms with Crippen LogP contribution in [0.4, 0.5) is 5.69 Å². The maximum absolute atomic E-state index is 12.5. The standard InChI is InChI=1S/C17H18Cl2N2O3S/c1-10(2)21-25(23,24)16-8-13(14(18)9-15(16)19)17(22)20-12-6-4-11(3)5-7-12/h4-10,21H,1-3H3,(H,20,22). The highest BCUT2D eigenvalue weighted by Gasteiger charge is 2.23. The molecule has 0 saturated heterocycles. The first kappa shape index (κ1) is 19.7. The van der Waals surface area contributed by atoms with E-state index in [1.807, 2.05) is 19.1 Å². The fourth-order valence-corrected chi connectivity index (χ4v) is 4.23. The molecule has 0 aliphatic carbocycles. The van der Waals surface area contributed by atoms with E-state index in [0.717, 1.165) is 5.56 Å². The number of nitrogens with one attached hydrogen (secondary N) is 2. The van der Waals surface area contributed by atoms with Gasteiger partial charge in [-0.25, -0.2) is 13.1 Å². The molecule has 0 saturated carbocycles. The van der Waals surface area contributed by atoms with Gasteiger partial charge in [-0.1, -0.05) is 40.9 Å². The Morgan fingerprint density at radius 1 is 1.04 bits per heavy atom. The van der Waals surface area contributed by atoms with E-state index < -0.39 is 15.9 Å². The molecule has 2 aromatic carbocycles. The summed E-state index contributed by atoms with van der Waals surface area (Å²) in [5.74, 6) is -0.522. The number of aryl methyl sites for hydroxylation is 1. The molecule has 0 unspecified atom stereocenters. The van der Waals surface area contributed by atoms with Crippen LogP contribution in [0.2, 0.25) is 10.0 Å². The van der Waals surface area contributed by atoms with Gasteiger partial charge in [-0.2, -0.15) is 0 Å². The Bertz CT molecular complexity index is 895. The highest BCUT2D eigenvalue weighted by atomic mass is 35.5. The van der Waals surface area contributed by atoms with Gasteiger partial charge in [0, 0.05) is 11.7 Å². The predicted molar refractivity (Wildman–Crippen MR) is 101 cm³/mol. The summed E-state index contributed by atoms with van der Waals surface area (Å²) in [6, 6.07) is 9.30. The lowest BCUT2D eigenvalue weighted by Gasteiger charge is -2.13. The van der Waals surface area contributed by atoms with E-state index in [9.17, 15) is 13.2 Å². The van der Waals surface area contributed by atoms with Crippen molar-refractivity contribution in [1.82, 2.24) is 4.72 Å². The molecule has 0 spiro atoms. The van der Waals surface area contributed by atoms with E-state index in [-0.39, 0.29) is 26.5 Å². The van der Waals surface area contributed by atoms with E-state index in [4.69, 9.17) is 23.2 Å². The zero-order valence-electron chi connectivity index (χ0n) is 13.9. The lowest BCUT2D eigenvalue weighted by atomic mass is 10.2. The van der Waals surface area contributed by atoms with Crippen molar-refractivity contribution in [2.75, 3.05) is 5.32 Å². The van der Waals surface area contributed by atoms with Crippen LogP contribution in [0.15, 0.2) is 41.3 Å². The summed E-state index contributed by atoms with van der Waals surface area (Å²) in [4.78, 5) is 12.3. The summed E-state index contributed by atoms with van der Waals surface area (Å²) in [5, 5.41) is 2.70. The molecule has 134 valence electrons. The van der Waals surface area contributed by atoms with Gasteiger partial charge in [0.15, 0.2) is 0 Å². The minimum atomic E-state index is -3.86. The van der Waals surface area contributed by atoms with Crippen LogP contribution in [0.3, 0.4) is 0 Å². The molecule has 0 aliphatic heterocycles. The van der Waals surface area contributed by atoms with Crippen molar-refractivity contribution in [3.05, 3.63) is 57.6 Å². The Kier molecular flexibility index (Phi) is 6.11. The second kappa shape index (κ2) is 7.74. The van der Waals surface area contributed by atoms with Gasteiger partial charge in [-0.3, -0.25) is 4.79 Å². The highest BCUT2D eigenvalue weighted by Crippen LogP contribution is 2.29. The molecule has 1 amide bonds. The molecule has 0 radical (unpaired) electrons. The van der Waals surface area contributed by atoms with Gasteiger partial charge in [-0.05, 0) is 45.0 Å². The summed E-state index contributed by atoms with van der Waals surface area (Å²) >= 11 is 12.1. The number of carbonyl (C=O) groups excluding carboxylic acids is 1. The van der Waals surface area contributed by atoms with Gasteiger partial charge in [0.25, 0.3) is 5.91 Å². The SMILES string of the molecule is Cc1ccc(NC(=O)c2cc(S(=O)(=O)NC(C)C)c(Cl)cc2Cl)cc1.